The van der Waals surface area contributed by atoms with Gasteiger partial charge < -0.3 is 0 Å². The van der Waals surface area contributed by atoms with Crippen LogP contribution in [0.25, 0.3) is 0 Å². The van der Waals surface area contributed by atoms with Crippen LogP contribution < -0.4 is 0 Å². The number of hydrogen-bond acceptors (Lipinski definition) is 0. The van der Waals surface area contributed by atoms with E-state index in [-0.39, 0.29) is 0 Å². The molecule has 2 heteroatoms. The van der Waals surface area contributed by atoms with Gasteiger partial charge in [0.1, 0.15) is 0 Å². The van der Waals surface area contributed by atoms with Gasteiger partial charge in [0.05, 0.1) is 0 Å². The molecule has 0 bridgehead atoms. The Kier molecular flexibility index (Phi) is 2.82. The Morgan fingerprint density at radius 1 is 1.00 bits per heavy atom. The van der Waals surface area contributed by atoms with Crippen molar-refractivity contribution < 1.29 is 0 Å². The Hall–Kier alpha value is 0.940. The van der Waals surface area contributed by atoms with Crippen molar-refractivity contribution in [3.8, 4) is 0 Å². The third-order valence-electron chi connectivity index (χ3n) is 1.05. The van der Waals surface area contributed by atoms with E-state index in [1.54, 1.807) is 0 Å². The fourth-order valence-corrected chi connectivity index (χ4v) is 1.49. The molecule has 0 aromatic heterocycles. The number of allylic oxidation sites excluding steroid dienone is 4. The van der Waals surface area contributed by atoms with Gasteiger partial charge in [-0.05, 0) is 65.2 Å². The molecule has 0 saturated heterocycles. The van der Waals surface area contributed by atoms with E-state index >= 15 is 0 Å². The van der Waals surface area contributed by atoms with E-state index in [0.717, 1.165) is 0 Å². The largest absolute Gasteiger partial charge is 0.0522 e. The van der Waals surface area contributed by atoms with Crippen molar-refractivity contribution in [3.05, 3.63) is 19.3 Å². The van der Waals surface area contributed by atoms with Gasteiger partial charge in [0.2, 0.25) is 0 Å². The van der Waals surface area contributed by atoms with Gasteiger partial charge in [-0.25, -0.2) is 0 Å². The van der Waals surface area contributed by atoms with Gasteiger partial charge in [0, 0.05) is 0 Å². The van der Waals surface area contributed by atoms with Crippen molar-refractivity contribution in [2.75, 3.05) is 0 Å². The van der Waals surface area contributed by atoms with Crippen LogP contribution in [0.3, 0.4) is 0 Å². The quantitative estimate of drug-likeness (QED) is 0.597. The predicted octanol–water partition coefficient (Wildman–Crippen LogP) is 3.42. The number of hydrogen-bond donors (Lipinski definition) is 0. The SMILES string of the molecule is IC1=CC=C(I)CC1. The monoisotopic (exact) mass is 332 g/mol. The highest BCUT2D eigenvalue weighted by atomic mass is 127. The maximum absolute atomic E-state index is 2.38. The highest BCUT2D eigenvalue weighted by molar-refractivity contribution is 14.1. The van der Waals surface area contributed by atoms with Gasteiger partial charge in [-0.2, -0.15) is 0 Å². The summed E-state index contributed by atoms with van der Waals surface area (Å²) in [5.74, 6) is 0. The number of halogens is 2. The molecule has 0 unspecified atom stereocenters. The fourth-order valence-electron chi connectivity index (χ4n) is 0.586. The Balaban J connectivity index is 2.65. The van der Waals surface area contributed by atoms with Crippen molar-refractivity contribution in [2.45, 2.75) is 12.8 Å². The minimum absolute atomic E-state index is 1.25. The normalized spacial score (nSPS) is 19.8. The lowest BCUT2D eigenvalue weighted by Gasteiger charge is -2.02. The van der Waals surface area contributed by atoms with E-state index in [1.807, 2.05) is 0 Å². The Labute approximate surface area is 76.7 Å². The molecule has 0 atom stereocenters. The standard InChI is InChI=1S/C6H6I2/c7-5-1-2-6(8)4-3-5/h1-2H,3-4H2. The van der Waals surface area contributed by atoms with Gasteiger partial charge in [-0.1, -0.05) is 12.2 Å². The zero-order valence-corrected chi connectivity index (χ0v) is 8.64. The molecule has 0 aliphatic heterocycles. The zero-order chi connectivity index (χ0) is 5.98. The van der Waals surface area contributed by atoms with Crippen LogP contribution in [0.2, 0.25) is 0 Å². The third-order valence-corrected chi connectivity index (χ3v) is 2.85. The molecule has 0 nitrogen and oxygen atoms in total. The van der Waals surface area contributed by atoms with Crippen molar-refractivity contribution in [2.24, 2.45) is 0 Å². The predicted molar refractivity (Wildman–Crippen MR) is 53.4 cm³/mol. The molecule has 8 heavy (non-hydrogen) atoms. The van der Waals surface area contributed by atoms with E-state index < -0.39 is 0 Å². The molecule has 1 aliphatic carbocycles. The maximum Gasteiger partial charge on any atom is -0.00903 e. The lowest BCUT2D eigenvalue weighted by molar-refractivity contribution is 1.02. The molecule has 0 heterocycles. The summed E-state index contributed by atoms with van der Waals surface area (Å²) in [7, 11) is 0. The molecule has 0 amide bonds. The molecule has 0 radical (unpaired) electrons. The van der Waals surface area contributed by atoms with Crippen molar-refractivity contribution in [3.63, 3.8) is 0 Å². The first-order chi connectivity index (χ1) is 3.79. The van der Waals surface area contributed by atoms with Crippen LogP contribution in [-0.2, 0) is 0 Å². The molecular weight excluding hydrogens is 326 g/mol. The maximum atomic E-state index is 2.38. The summed E-state index contributed by atoms with van der Waals surface area (Å²) in [5, 5.41) is 0. The van der Waals surface area contributed by atoms with E-state index in [1.165, 1.54) is 20.0 Å². The highest BCUT2D eigenvalue weighted by Crippen LogP contribution is 2.25. The van der Waals surface area contributed by atoms with Crippen LogP contribution in [0, 0.1) is 0 Å². The minimum atomic E-state index is 1.25. The van der Waals surface area contributed by atoms with E-state index in [9.17, 15) is 0 Å². The van der Waals surface area contributed by atoms with Gasteiger partial charge in [-0.15, -0.1) is 0 Å². The highest BCUT2D eigenvalue weighted by Gasteiger charge is 1.98. The molecule has 1 rings (SSSR count). The second-order valence-electron chi connectivity index (χ2n) is 1.73. The summed E-state index contributed by atoms with van der Waals surface area (Å²) in [6.45, 7) is 0. The van der Waals surface area contributed by atoms with E-state index in [2.05, 4.69) is 57.3 Å². The molecule has 0 saturated carbocycles. The number of rotatable bonds is 0. The molecule has 0 aromatic rings. The smallest absolute Gasteiger partial charge is 0.00903 e. The Morgan fingerprint density at radius 3 is 1.62 bits per heavy atom. The van der Waals surface area contributed by atoms with Crippen molar-refractivity contribution in [1.82, 2.24) is 0 Å². The van der Waals surface area contributed by atoms with Crippen LogP contribution >= 0.6 is 45.2 Å². The zero-order valence-electron chi connectivity index (χ0n) is 4.32. The molecule has 0 spiro atoms. The Morgan fingerprint density at radius 2 is 1.38 bits per heavy atom. The topological polar surface area (TPSA) is 0 Å². The lowest BCUT2D eigenvalue weighted by Crippen LogP contribution is -1.80. The first kappa shape index (κ1) is 7.05. The third kappa shape index (κ3) is 2.05. The van der Waals surface area contributed by atoms with Crippen molar-refractivity contribution >= 4 is 45.2 Å². The second kappa shape index (κ2) is 3.20. The van der Waals surface area contributed by atoms with Gasteiger partial charge in [0.25, 0.3) is 0 Å². The van der Waals surface area contributed by atoms with Crippen LogP contribution in [0.15, 0.2) is 19.3 Å². The minimum Gasteiger partial charge on any atom is -0.0522 e. The van der Waals surface area contributed by atoms with Gasteiger partial charge in [-0.3, -0.25) is 0 Å². The second-order valence-corrected chi connectivity index (χ2v) is 4.50. The summed E-state index contributed by atoms with van der Waals surface area (Å²) in [6, 6.07) is 0. The average Bonchev–Trinajstić information content (AvgIpc) is 1.77. The molecule has 1 aliphatic rings. The molecule has 0 N–H and O–H groups in total. The molecule has 44 valence electrons. The van der Waals surface area contributed by atoms with Crippen LogP contribution in [0.4, 0.5) is 0 Å². The summed E-state index contributed by atoms with van der Waals surface area (Å²) >= 11 is 4.76. The molecular formula is C6H6I2. The van der Waals surface area contributed by atoms with Crippen LogP contribution in [0.5, 0.6) is 0 Å². The first-order valence-corrected chi connectivity index (χ1v) is 4.65. The van der Waals surface area contributed by atoms with Crippen LogP contribution in [-0.4, -0.2) is 0 Å². The Bertz CT molecular complexity index is 127. The molecule has 0 fully saturated rings. The summed E-state index contributed by atoms with van der Waals surface area (Å²) in [6.07, 6.45) is 6.86. The fraction of sp³-hybridized carbons (Fsp3) is 0.333. The summed E-state index contributed by atoms with van der Waals surface area (Å²) < 4.78 is 2.95. The van der Waals surface area contributed by atoms with Gasteiger partial charge in [0.15, 0.2) is 0 Å². The van der Waals surface area contributed by atoms with Gasteiger partial charge >= 0.3 is 0 Å². The lowest BCUT2D eigenvalue weighted by atomic mass is 10.2. The van der Waals surface area contributed by atoms with Crippen molar-refractivity contribution in [1.29, 1.82) is 0 Å². The summed E-state index contributed by atoms with van der Waals surface area (Å²) in [5.41, 5.74) is 0. The first-order valence-electron chi connectivity index (χ1n) is 2.50. The average molecular weight is 332 g/mol. The summed E-state index contributed by atoms with van der Waals surface area (Å²) in [4.78, 5) is 0. The van der Waals surface area contributed by atoms with Crippen LogP contribution in [0.1, 0.15) is 12.8 Å². The van der Waals surface area contributed by atoms with E-state index in [4.69, 9.17) is 0 Å². The molecule has 0 aromatic carbocycles. The van der Waals surface area contributed by atoms with E-state index in [0.29, 0.717) is 0 Å².